The van der Waals surface area contributed by atoms with Gasteiger partial charge in [0.1, 0.15) is 0 Å². The number of rotatable bonds is 5. The van der Waals surface area contributed by atoms with Gasteiger partial charge in [0.05, 0.1) is 0 Å². The average molecular weight is 336 g/mol. The summed E-state index contributed by atoms with van der Waals surface area (Å²) in [6, 6.07) is 20.9. The summed E-state index contributed by atoms with van der Waals surface area (Å²) in [5, 5.41) is 0. The molecule has 3 nitrogen and oxygen atoms in total. The van der Waals surface area contributed by atoms with E-state index in [4.69, 9.17) is 0 Å². The van der Waals surface area contributed by atoms with Gasteiger partial charge in [0, 0.05) is 39.1 Å². The first-order chi connectivity index (χ1) is 12.2. The topological polar surface area (TPSA) is 23.6 Å². The zero-order chi connectivity index (χ0) is 17.5. The van der Waals surface area contributed by atoms with Crippen LogP contribution in [-0.2, 0) is 11.3 Å². The molecule has 3 rings (SSSR count). The Hall–Kier alpha value is -2.13. The third kappa shape index (κ3) is 5.17. The van der Waals surface area contributed by atoms with Gasteiger partial charge in [-0.3, -0.25) is 9.69 Å². The maximum atomic E-state index is 12.7. The van der Waals surface area contributed by atoms with Crippen molar-refractivity contribution < 1.29 is 4.79 Å². The van der Waals surface area contributed by atoms with Crippen LogP contribution in [-0.4, -0.2) is 41.9 Å². The van der Waals surface area contributed by atoms with Gasteiger partial charge in [-0.05, 0) is 23.5 Å². The van der Waals surface area contributed by atoms with Crippen molar-refractivity contribution in [3.8, 4) is 0 Å². The maximum absolute atomic E-state index is 12.7. The first-order valence-electron chi connectivity index (χ1n) is 9.31. The molecule has 1 amide bonds. The van der Waals surface area contributed by atoms with Crippen LogP contribution in [0.3, 0.4) is 0 Å². The molecular formula is C22H28N2O. The first kappa shape index (κ1) is 17.7. The number of hydrogen-bond acceptors (Lipinski definition) is 2. The number of hydrogen-bond donors (Lipinski definition) is 0. The van der Waals surface area contributed by atoms with Gasteiger partial charge >= 0.3 is 0 Å². The number of carbonyl (C=O) groups is 1. The Morgan fingerprint density at radius 2 is 1.60 bits per heavy atom. The molecule has 0 aromatic heterocycles. The Balaban J connectivity index is 1.51. The van der Waals surface area contributed by atoms with Crippen molar-refractivity contribution in [3.63, 3.8) is 0 Å². The van der Waals surface area contributed by atoms with Crippen molar-refractivity contribution in [2.45, 2.75) is 32.2 Å². The SMILES string of the molecule is CC(CC(=O)N1CCCN(Cc2ccccc2)CC1)c1ccccc1. The van der Waals surface area contributed by atoms with E-state index in [-0.39, 0.29) is 11.8 Å². The molecular weight excluding hydrogens is 308 g/mol. The fraction of sp³-hybridized carbons (Fsp3) is 0.409. The van der Waals surface area contributed by atoms with Crippen molar-refractivity contribution in [2.75, 3.05) is 26.2 Å². The Kier molecular flexibility index (Phi) is 6.24. The highest BCUT2D eigenvalue weighted by Gasteiger charge is 2.21. The predicted molar refractivity (Wildman–Crippen MR) is 102 cm³/mol. The van der Waals surface area contributed by atoms with Gasteiger partial charge < -0.3 is 4.90 Å². The average Bonchev–Trinajstić information content (AvgIpc) is 2.89. The lowest BCUT2D eigenvalue weighted by molar-refractivity contribution is -0.131. The van der Waals surface area contributed by atoms with E-state index in [1.165, 1.54) is 11.1 Å². The monoisotopic (exact) mass is 336 g/mol. The van der Waals surface area contributed by atoms with Crippen molar-refractivity contribution in [1.29, 1.82) is 0 Å². The van der Waals surface area contributed by atoms with E-state index < -0.39 is 0 Å². The van der Waals surface area contributed by atoms with Crippen molar-refractivity contribution >= 4 is 5.91 Å². The molecule has 1 aliphatic rings. The molecule has 0 spiro atoms. The minimum absolute atomic E-state index is 0.275. The molecule has 0 aliphatic carbocycles. The van der Waals surface area contributed by atoms with E-state index in [0.29, 0.717) is 6.42 Å². The van der Waals surface area contributed by atoms with Gasteiger partial charge in [0.25, 0.3) is 0 Å². The molecule has 1 aliphatic heterocycles. The number of carbonyl (C=O) groups excluding carboxylic acids is 1. The van der Waals surface area contributed by atoms with E-state index in [9.17, 15) is 4.79 Å². The number of benzene rings is 2. The van der Waals surface area contributed by atoms with E-state index in [1.807, 2.05) is 18.2 Å². The highest BCUT2D eigenvalue weighted by Crippen LogP contribution is 2.20. The van der Waals surface area contributed by atoms with Crippen LogP contribution in [0.4, 0.5) is 0 Å². The highest BCUT2D eigenvalue weighted by molar-refractivity contribution is 5.77. The number of nitrogens with zero attached hydrogens (tertiary/aromatic N) is 2. The fourth-order valence-corrected chi connectivity index (χ4v) is 3.51. The molecule has 0 radical (unpaired) electrons. The van der Waals surface area contributed by atoms with Crippen molar-refractivity contribution in [1.82, 2.24) is 9.80 Å². The Labute approximate surface area is 151 Å². The van der Waals surface area contributed by atoms with Gasteiger partial charge in [0.2, 0.25) is 5.91 Å². The van der Waals surface area contributed by atoms with Crippen molar-refractivity contribution in [3.05, 3.63) is 71.8 Å². The summed E-state index contributed by atoms with van der Waals surface area (Å²) in [5.74, 6) is 0.565. The summed E-state index contributed by atoms with van der Waals surface area (Å²) in [7, 11) is 0. The maximum Gasteiger partial charge on any atom is 0.223 e. The Morgan fingerprint density at radius 3 is 2.32 bits per heavy atom. The van der Waals surface area contributed by atoms with Gasteiger partial charge in [-0.2, -0.15) is 0 Å². The van der Waals surface area contributed by atoms with E-state index in [0.717, 1.165) is 39.1 Å². The van der Waals surface area contributed by atoms with E-state index in [2.05, 4.69) is 59.2 Å². The zero-order valence-electron chi connectivity index (χ0n) is 15.1. The molecule has 1 fully saturated rings. The van der Waals surface area contributed by atoms with Crippen LogP contribution in [0.1, 0.15) is 36.8 Å². The minimum atomic E-state index is 0.275. The fourth-order valence-electron chi connectivity index (χ4n) is 3.51. The Bertz CT molecular complexity index is 656. The second kappa shape index (κ2) is 8.82. The van der Waals surface area contributed by atoms with Crippen LogP contribution in [0, 0.1) is 0 Å². The molecule has 2 aromatic carbocycles. The molecule has 1 saturated heterocycles. The summed E-state index contributed by atoms with van der Waals surface area (Å²) >= 11 is 0. The summed E-state index contributed by atoms with van der Waals surface area (Å²) in [6.07, 6.45) is 1.65. The molecule has 2 aromatic rings. The van der Waals surface area contributed by atoms with Gasteiger partial charge in [-0.25, -0.2) is 0 Å². The lowest BCUT2D eigenvalue weighted by Crippen LogP contribution is -2.35. The van der Waals surface area contributed by atoms with Crippen LogP contribution in [0.25, 0.3) is 0 Å². The van der Waals surface area contributed by atoms with Crippen LogP contribution in [0.15, 0.2) is 60.7 Å². The molecule has 1 unspecified atom stereocenters. The lowest BCUT2D eigenvalue weighted by Gasteiger charge is -2.23. The standard InChI is InChI=1S/C22H28N2O/c1-19(21-11-6-3-7-12-21)17-22(25)24-14-8-13-23(15-16-24)18-20-9-4-2-5-10-20/h2-7,9-12,19H,8,13-18H2,1H3. The van der Waals surface area contributed by atoms with E-state index in [1.54, 1.807) is 0 Å². The first-order valence-corrected chi connectivity index (χ1v) is 9.31. The summed E-state index contributed by atoms with van der Waals surface area (Å²) in [4.78, 5) is 17.2. The third-order valence-electron chi connectivity index (χ3n) is 5.04. The zero-order valence-corrected chi connectivity index (χ0v) is 15.1. The quantitative estimate of drug-likeness (QED) is 0.826. The molecule has 3 heteroatoms. The summed E-state index contributed by atoms with van der Waals surface area (Å²) < 4.78 is 0. The predicted octanol–water partition coefficient (Wildman–Crippen LogP) is 3.91. The van der Waals surface area contributed by atoms with Crippen LogP contribution in [0.5, 0.6) is 0 Å². The largest absolute Gasteiger partial charge is 0.341 e. The molecule has 0 bridgehead atoms. The minimum Gasteiger partial charge on any atom is -0.341 e. The number of amides is 1. The summed E-state index contributed by atoms with van der Waals surface area (Å²) in [6.45, 7) is 6.86. The molecule has 0 N–H and O–H groups in total. The molecule has 1 atom stereocenters. The smallest absolute Gasteiger partial charge is 0.223 e. The van der Waals surface area contributed by atoms with Gasteiger partial charge in [0.15, 0.2) is 0 Å². The van der Waals surface area contributed by atoms with Gasteiger partial charge in [-0.1, -0.05) is 67.6 Å². The highest BCUT2D eigenvalue weighted by atomic mass is 16.2. The van der Waals surface area contributed by atoms with Crippen LogP contribution < -0.4 is 0 Å². The van der Waals surface area contributed by atoms with Crippen LogP contribution >= 0.6 is 0 Å². The molecule has 132 valence electrons. The van der Waals surface area contributed by atoms with Crippen molar-refractivity contribution in [2.24, 2.45) is 0 Å². The second-order valence-corrected chi connectivity index (χ2v) is 7.01. The molecule has 1 heterocycles. The van der Waals surface area contributed by atoms with Crippen LogP contribution in [0.2, 0.25) is 0 Å². The lowest BCUT2D eigenvalue weighted by atomic mass is 9.97. The summed E-state index contributed by atoms with van der Waals surface area (Å²) in [5.41, 5.74) is 2.59. The van der Waals surface area contributed by atoms with Gasteiger partial charge in [-0.15, -0.1) is 0 Å². The Morgan fingerprint density at radius 1 is 0.920 bits per heavy atom. The molecule has 25 heavy (non-hydrogen) atoms. The van der Waals surface area contributed by atoms with E-state index >= 15 is 0 Å². The third-order valence-corrected chi connectivity index (χ3v) is 5.04. The normalized spacial score (nSPS) is 17.1. The second-order valence-electron chi connectivity index (χ2n) is 7.01. The molecule has 0 saturated carbocycles.